The molecule has 0 radical (unpaired) electrons. The highest BCUT2D eigenvalue weighted by Gasteiger charge is 2.08. The molecule has 2 aromatic rings. The third kappa shape index (κ3) is 3.39. The van der Waals surface area contributed by atoms with Gasteiger partial charge >= 0.3 is 0 Å². The summed E-state index contributed by atoms with van der Waals surface area (Å²) in [6.45, 7) is 0.623. The van der Waals surface area contributed by atoms with Crippen LogP contribution < -0.4 is 10.1 Å². The van der Waals surface area contributed by atoms with Crippen LogP contribution >= 0.6 is 11.6 Å². The Bertz CT molecular complexity index is 593. The van der Waals surface area contributed by atoms with Crippen LogP contribution in [0, 0.1) is 11.6 Å². The second kappa shape index (κ2) is 5.95. The number of nitrogens with zero attached hydrogens (tertiary/aromatic N) is 1. The molecule has 0 aliphatic carbocycles. The predicted octanol–water partition coefficient (Wildman–Crippen LogP) is 3.52. The maximum atomic E-state index is 13.0. The molecule has 0 spiro atoms. The lowest BCUT2D eigenvalue weighted by Gasteiger charge is -2.08. The van der Waals surface area contributed by atoms with E-state index < -0.39 is 11.6 Å². The Labute approximate surface area is 114 Å². The second-order valence-corrected chi connectivity index (χ2v) is 4.25. The maximum Gasteiger partial charge on any atom is 0.238 e. The summed E-state index contributed by atoms with van der Waals surface area (Å²) >= 11 is 6.00. The fourth-order valence-electron chi connectivity index (χ4n) is 1.49. The Morgan fingerprint density at radius 1 is 1.26 bits per heavy atom. The summed E-state index contributed by atoms with van der Waals surface area (Å²) in [7, 11) is 1.81. The molecule has 2 rings (SSSR count). The van der Waals surface area contributed by atoms with Crippen LogP contribution in [0.1, 0.15) is 5.56 Å². The fraction of sp³-hybridized carbons (Fsp3) is 0.154. The van der Waals surface area contributed by atoms with Crippen molar-refractivity contribution in [2.24, 2.45) is 0 Å². The number of rotatable bonds is 4. The molecule has 3 nitrogen and oxygen atoms in total. The average molecular weight is 285 g/mol. The van der Waals surface area contributed by atoms with Gasteiger partial charge in [-0.2, -0.15) is 0 Å². The SMILES string of the molecule is CNCc1cnc(Oc2ccc(F)c(F)c2)c(Cl)c1. The second-order valence-electron chi connectivity index (χ2n) is 3.84. The van der Waals surface area contributed by atoms with E-state index in [4.69, 9.17) is 16.3 Å². The van der Waals surface area contributed by atoms with Crippen LogP contribution in [0.3, 0.4) is 0 Å². The smallest absolute Gasteiger partial charge is 0.238 e. The van der Waals surface area contributed by atoms with E-state index in [1.54, 1.807) is 19.3 Å². The van der Waals surface area contributed by atoms with Gasteiger partial charge in [0.15, 0.2) is 11.6 Å². The number of nitrogens with one attached hydrogen (secondary N) is 1. The lowest BCUT2D eigenvalue weighted by Crippen LogP contribution is -2.05. The van der Waals surface area contributed by atoms with Crippen molar-refractivity contribution in [1.82, 2.24) is 10.3 Å². The van der Waals surface area contributed by atoms with E-state index in [-0.39, 0.29) is 11.6 Å². The van der Waals surface area contributed by atoms with Gasteiger partial charge in [0.25, 0.3) is 0 Å². The van der Waals surface area contributed by atoms with Crippen molar-refractivity contribution in [1.29, 1.82) is 0 Å². The molecule has 6 heteroatoms. The van der Waals surface area contributed by atoms with Crippen molar-refractivity contribution >= 4 is 11.6 Å². The molecule has 0 bridgehead atoms. The molecule has 100 valence electrons. The van der Waals surface area contributed by atoms with Crippen molar-refractivity contribution in [3.05, 3.63) is 52.7 Å². The zero-order chi connectivity index (χ0) is 13.8. The van der Waals surface area contributed by atoms with Crippen LogP contribution in [0.2, 0.25) is 5.02 Å². The summed E-state index contributed by atoms with van der Waals surface area (Å²) in [5.74, 6) is -1.64. The lowest BCUT2D eigenvalue weighted by atomic mass is 10.3. The molecule has 1 N–H and O–H groups in total. The van der Waals surface area contributed by atoms with Crippen molar-refractivity contribution in [3.63, 3.8) is 0 Å². The molecule has 0 amide bonds. The predicted molar refractivity (Wildman–Crippen MR) is 68.4 cm³/mol. The molecule has 0 saturated carbocycles. The highest BCUT2D eigenvalue weighted by Crippen LogP contribution is 2.28. The molecule has 0 saturated heterocycles. The highest BCUT2D eigenvalue weighted by molar-refractivity contribution is 6.31. The van der Waals surface area contributed by atoms with Gasteiger partial charge in [0, 0.05) is 18.8 Å². The number of benzene rings is 1. The minimum Gasteiger partial charge on any atom is -0.437 e. The summed E-state index contributed by atoms with van der Waals surface area (Å²) in [5.41, 5.74) is 0.894. The van der Waals surface area contributed by atoms with Crippen molar-refractivity contribution in [3.8, 4) is 11.6 Å². The number of halogens is 3. The van der Waals surface area contributed by atoms with E-state index in [2.05, 4.69) is 10.3 Å². The molecule has 19 heavy (non-hydrogen) atoms. The first-order chi connectivity index (χ1) is 9.10. The molecule has 0 aliphatic heterocycles. The number of ether oxygens (including phenoxy) is 1. The van der Waals surface area contributed by atoms with Gasteiger partial charge in [-0.25, -0.2) is 13.8 Å². The van der Waals surface area contributed by atoms with Gasteiger partial charge in [-0.3, -0.25) is 0 Å². The number of aromatic nitrogens is 1. The number of hydrogen-bond acceptors (Lipinski definition) is 3. The minimum absolute atomic E-state index is 0.134. The first kappa shape index (κ1) is 13.7. The average Bonchev–Trinajstić information content (AvgIpc) is 2.37. The van der Waals surface area contributed by atoms with Crippen molar-refractivity contribution in [2.75, 3.05) is 7.05 Å². The van der Waals surface area contributed by atoms with Gasteiger partial charge in [-0.05, 0) is 30.8 Å². The Hall–Kier alpha value is -1.72. The fourth-order valence-corrected chi connectivity index (χ4v) is 1.72. The first-order valence-corrected chi connectivity index (χ1v) is 5.90. The monoisotopic (exact) mass is 284 g/mol. The molecule has 1 aromatic carbocycles. The normalized spacial score (nSPS) is 10.5. The van der Waals surface area contributed by atoms with Crippen molar-refractivity contribution < 1.29 is 13.5 Å². The summed E-state index contributed by atoms with van der Waals surface area (Å²) < 4.78 is 31.1. The Morgan fingerprint density at radius 2 is 2.05 bits per heavy atom. The Kier molecular flexibility index (Phi) is 4.29. The van der Waals surface area contributed by atoms with Gasteiger partial charge < -0.3 is 10.1 Å². The van der Waals surface area contributed by atoms with Crippen LogP contribution in [-0.4, -0.2) is 12.0 Å². The molecular formula is C13H11ClF2N2O. The van der Waals surface area contributed by atoms with Gasteiger partial charge in [-0.1, -0.05) is 11.6 Å². The zero-order valence-electron chi connectivity index (χ0n) is 10.1. The van der Waals surface area contributed by atoms with E-state index in [0.29, 0.717) is 11.6 Å². The van der Waals surface area contributed by atoms with Gasteiger partial charge in [-0.15, -0.1) is 0 Å². The van der Waals surface area contributed by atoms with Gasteiger partial charge in [0.1, 0.15) is 10.8 Å². The molecule has 1 aromatic heterocycles. The number of hydrogen-bond donors (Lipinski definition) is 1. The summed E-state index contributed by atoms with van der Waals surface area (Å²) in [5, 5.41) is 3.27. The first-order valence-electron chi connectivity index (χ1n) is 5.52. The van der Waals surface area contributed by atoms with Crippen LogP contribution in [0.25, 0.3) is 0 Å². The van der Waals surface area contributed by atoms with E-state index in [1.165, 1.54) is 6.07 Å². The maximum absolute atomic E-state index is 13.0. The third-order valence-corrected chi connectivity index (χ3v) is 2.62. The van der Waals surface area contributed by atoms with Crippen LogP contribution in [0.15, 0.2) is 30.5 Å². The van der Waals surface area contributed by atoms with E-state index in [1.807, 2.05) is 0 Å². The van der Waals surface area contributed by atoms with Crippen LogP contribution in [-0.2, 0) is 6.54 Å². The van der Waals surface area contributed by atoms with E-state index in [9.17, 15) is 8.78 Å². The van der Waals surface area contributed by atoms with Crippen molar-refractivity contribution in [2.45, 2.75) is 6.54 Å². The summed E-state index contributed by atoms with van der Waals surface area (Å²) in [6.07, 6.45) is 1.59. The molecule has 0 aliphatic rings. The van der Waals surface area contributed by atoms with E-state index >= 15 is 0 Å². The molecule has 1 heterocycles. The molecule has 0 fully saturated rings. The Balaban J connectivity index is 2.20. The largest absolute Gasteiger partial charge is 0.437 e. The standard InChI is InChI=1S/C13H11ClF2N2O/c1-17-6-8-4-10(14)13(18-7-8)19-9-2-3-11(15)12(16)5-9/h2-5,7,17H,6H2,1H3. The lowest BCUT2D eigenvalue weighted by molar-refractivity contribution is 0.447. The Morgan fingerprint density at radius 3 is 2.68 bits per heavy atom. The third-order valence-electron chi connectivity index (χ3n) is 2.35. The molecule has 0 atom stereocenters. The molecule has 0 unspecified atom stereocenters. The highest BCUT2D eigenvalue weighted by atomic mass is 35.5. The summed E-state index contributed by atoms with van der Waals surface area (Å²) in [4.78, 5) is 4.03. The summed E-state index contributed by atoms with van der Waals surface area (Å²) in [6, 6.07) is 4.92. The minimum atomic E-state index is -0.986. The van der Waals surface area contributed by atoms with Crippen LogP contribution in [0.4, 0.5) is 8.78 Å². The topological polar surface area (TPSA) is 34.2 Å². The molecular weight excluding hydrogens is 274 g/mol. The van der Waals surface area contributed by atoms with Gasteiger partial charge in [0.05, 0.1) is 0 Å². The zero-order valence-corrected chi connectivity index (χ0v) is 10.8. The quantitative estimate of drug-likeness (QED) is 0.933. The van der Waals surface area contributed by atoms with E-state index in [0.717, 1.165) is 17.7 Å². The number of pyridine rings is 1. The van der Waals surface area contributed by atoms with Gasteiger partial charge in [0.2, 0.25) is 5.88 Å². The van der Waals surface area contributed by atoms with Crippen LogP contribution in [0.5, 0.6) is 11.6 Å².